The monoisotopic (exact) mass is 248 g/mol. The molecule has 1 aliphatic rings. The number of morpholine rings is 1. The second-order valence-electron chi connectivity index (χ2n) is 4.75. The topological polar surface area (TPSA) is 55.6 Å². The van der Waals surface area contributed by atoms with Crippen molar-refractivity contribution in [2.24, 2.45) is 5.73 Å². The average Bonchev–Trinajstić information content (AvgIpc) is 2.38. The SMILES string of the molecule is Cc1cccc(C)c1C(=O)N1CCOC(CN)C1. The molecule has 2 N–H and O–H groups in total. The highest BCUT2D eigenvalue weighted by Gasteiger charge is 2.25. The summed E-state index contributed by atoms with van der Waals surface area (Å²) in [5.74, 6) is 0.0901. The fraction of sp³-hybridized carbons (Fsp3) is 0.500. The first-order valence-electron chi connectivity index (χ1n) is 6.30. The summed E-state index contributed by atoms with van der Waals surface area (Å²) in [7, 11) is 0. The Kier molecular flexibility index (Phi) is 3.99. The van der Waals surface area contributed by atoms with Crippen molar-refractivity contribution in [2.45, 2.75) is 20.0 Å². The highest BCUT2D eigenvalue weighted by Crippen LogP contribution is 2.17. The molecule has 1 saturated heterocycles. The van der Waals surface area contributed by atoms with Crippen LogP contribution in [0.4, 0.5) is 0 Å². The van der Waals surface area contributed by atoms with Gasteiger partial charge in [0.1, 0.15) is 0 Å². The fourth-order valence-corrected chi connectivity index (χ4v) is 2.36. The van der Waals surface area contributed by atoms with Crippen LogP contribution in [0, 0.1) is 13.8 Å². The molecule has 1 atom stereocenters. The second kappa shape index (κ2) is 5.50. The van der Waals surface area contributed by atoms with Gasteiger partial charge < -0.3 is 15.4 Å². The highest BCUT2D eigenvalue weighted by atomic mass is 16.5. The molecule has 0 radical (unpaired) electrons. The molecule has 2 rings (SSSR count). The van der Waals surface area contributed by atoms with Gasteiger partial charge in [-0.2, -0.15) is 0 Å². The van der Waals surface area contributed by atoms with Crippen molar-refractivity contribution in [3.63, 3.8) is 0 Å². The van der Waals surface area contributed by atoms with Gasteiger partial charge in [0.25, 0.3) is 5.91 Å². The fourth-order valence-electron chi connectivity index (χ4n) is 2.36. The van der Waals surface area contributed by atoms with E-state index in [2.05, 4.69) is 0 Å². The Labute approximate surface area is 108 Å². The van der Waals surface area contributed by atoms with Crippen LogP contribution in [0.5, 0.6) is 0 Å². The van der Waals surface area contributed by atoms with E-state index in [0.29, 0.717) is 26.2 Å². The van der Waals surface area contributed by atoms with Gasteiger partial charge in [0.2, 0.25) is 0 Å². The predicted octanol–water partition coefficient (Wildman–Crippen LogP) is 1.10. The standard InChI is InChI=1S/C14H20N2O2/c1-10-4-3-5-11(2)13(10)14(17)16-6-7-18-12(8-15)9-16/h3-5,12H,6-9,15H2,1-2H3. The van der Waals surface area contributed by atoms with Gasteiger partial charge in [-0.15, -0.1) is 0 Å². The Morgan fingerprint density at radius 3 is 2.72 bits per heavy atom. The molecule has 0 spiro atoms. The summed E-state index contributed by atoms with van der Waals surface area (Å²) in [6, 6.07) is 5.92. The molecule has 1 heterocycles. The Hall–Kier alpha value is -1.39. The van der Waals surface area contributed by atoms with Crippen LogP contribution in [0.15, 0.2) is 18.2 Å². The Bertz CT molecular complexity index is 425. The molecule has 1 aromatic carbocycles. The van der Waals surface area contributed by atoms with Gasteiger partial charge in [-0.1, -0.05) is 18.2 Å². The van der Waals surface area contributed by atoms with Crippen molar-refractivity contribution in [3.05, 3.63) is 34.9 Å². The van der Waals surface area contributed by atoms with Crippen LogP contribution in [0.3, 0.4) is 0 Å². The van der Waals surface area contributed by atoms with E-state index in [1.54, 1.807) is 0 Å². The molecule has 0 aliphatic carbocycles. The molecule has 18 heavy (non-hydrogen) atoms. The molecule has 98 valence electrons. The van der Waals surface area contributed by atoms with Crippen LogP contribution in [0.1, 0.15) is 21.5 Å². The summed E-state index contributed by atoms with van der Waals surface area (Å²) in [4.78, 5) is 14.4. The van der Waals surface area contributed by atoms with E-state index in [-0.39, 0.29) is 12.0 Å². The van der Waals surface area contributed by atoms with Crippen LogP contribution < -0.4 is 5.73 Å². The van der Waals surface area contributed by atoms with Crippen LogP contribution in [0.25, 0.3) is 0 Å². The molecular weight excluding hydrogens is 228 g/mol. The summed E-state index contributed by atoms with van der Waals surface area (Å²) < 4.78 is 5.48. The van der Waals surface area contributed by atoms with Crippen molar-refractivity contribution in [1.29, 1.82) is 0 Å². The summed E-state index contributed by atoms with van der Waals surface area (Å²) in [5.41, 5.74) is 8.46. The minimum Gasteiger partial charge on any atom is -0.373 e. The number of hydrogen-bond acceptors (Lipinski definition) is 3. The summed E-state index contributed by atoms with van der Waals surface area (Å²) in [6.45, 7) is 6.20. The third-order valence-corrected chi connectivity index (χ3v) is 3.38. The van der Waals surface area contributed by atoms with Gasteiger partial charge in [0.15, 0.2) is 0 Å². The number of ether oxygens (including phenoxy) is 1. The molecule has 1 fully saturated rings. The van der Waals surface area contributed by atoms with Gasteiger partial charge in [0, 0.05) is 25.2 Å². The first-order chi connectivity index (χ1) is 8.63. The summed E-state index contributed by atoms with van der Waals surface area (Å²) >= 11 is 0. The number of amides is 1. The van der Waals surface area contributed by atoms with Crippen molar-refractivity contribution < 1.29 is 9.53 Å². The lowest BCUT2D eigenvalue weighted by atomic mass is 10.0. The van der Waals surface area contributed by atoms with Crippen LogP contribution in [-0.2, 0) is 4.74 Å². The molecule has 1 amide bonds. The summed E-state index contributed by atoms with van der Waals surface area (Å²) in [6.07, 6.45) is -0.0352. The quantitative estimate of drug-likeness (QED) is 0.852. The van der Waals surface area contributed by atoms with Crippen molar-refractivity contribution in [3.8, 4) is 0 Å². The first kappa shape index (κ1) is 13.1. The molecule has 4 nitrogen and oxygen atoms in total. The van der Waals surface area contributed by atoms with Gasteiger partial charge >= 0.3 is 0 Å². The zero-order valence-electron chi connectivity index (χ0n) is 11.0. The molecule has 1 aliphatic heterocycles. The number of hydrogen-bond donors (Lipinski definition) is 1. The van der Waals surface area contributed by atoms with Gasteiger partial charge in [0.05, 0.1) is 12.7 Å². The van der Waals surface area contributed by atoms with E-state index in [9.17, 15) is 4.79 Å². The lowest BCUT2D eigenvalue weighted by Gasteiger charge is -2.33. The minimum atomic E-state index is -0.0352. The highest BCUT2D eigenvalue weighted by molar-refractivity contribution is 5.97. The van der Waals surface area contributed by atoms with E-state index < -0.39 is 0 Å². The molecule has 4 heteroatoms. The largest absolute Gasteiger partial charge is 0.373 e. The average molecular weight is 248 g/mol. The van der Waals surface area contributed by atoms with Gasteiger partial charge in [-0.25, -0.2) is 0 Å². The normalized spacial score (nSPS) is 19.9. The smallest absolute Gasteiger partial charge is 0.254 e. The van der Waals surface area contributed by atoms with Crippen molar-refractivity contribution in [1.82, 2.24) is 4.90 Å². The molecule has 1 unspecified atom stereocenters. The molecule has 0 aromatic heterocycles. The number of rotatable bonds is 2. The zero-order chi connectivity index (χ0) is 13.1. The van der Waals surface area contributed by atoms with Gasteiger partial charge in [-0.05, 0) is 25.0 Å². The number of nitrogens with two attached hydrogens (primary N) is 1. The van der Waals surface area contributed by atoms with Crippen LogP contribution in [-0.4, -0.2) is 43.2 Å². The van der Waals surface area contributed by atoms with E-state index in [1.165, 1.54) is 0 Å². The molecule has 1 aromatic rings. The third-order valence-electron chi connectivity index (χ3n) is 3.38. The number of carbonyl (C=O) groups excluding carboxylic acids is 1. The molecule has 0 bridgehead atoms. The van der Waals surface area contributed by atoms with E-state index >= 15 is 0 Å². The predicted molar refractivity (Wildman–Crippen MR) is 70.6 cm³/mol. The van der Waals surface area contributed by atoms with E-state index in [1.807, 2.05) is 36.9 Å². The maximum Gasteiger partial charge on any atom is 0.254 e. The lowest BCUT2D eigenvalue weighted by Crippen LogP contribution is -2.48. The lowest BCUT2D eigenvalue weighted by molar-refractivity contribution is -0.0168. The Morgan fingerprint density at radius 2 is 2.11 bits per heavy atom. The van der Waals surface area contributed by atoms with Crippen molar-refractivity contribution in [2.75, 3.05) is 26.2 Å². The third kappa shape index (κ3) is 2.54. The van der Waals surface area contributed by atoms with E-state index in [0.717, 1.165) is 16.7 Å². The Balaban J connectivity index is 2.20. The number of nitrogens with zero attached hydrogens (tertiary/aromatic N) is 1. The number of aryl methyl sites for hydroxylation is 2. The van der Waals surface area contributed by atoms with E-state index in [4.69, 9.17) is 10.5 Å². The Morgan fingerprint density at radius 1 is 1.44 bits per heavy atom. The first-order valence-corrected chi connectivity index (χ1v) is 6.30. The molecule has 0 saturated carbocycles. The zero-order valence-corrected chi connectivity index (χ0v) is 11.0. The maximum atomic E-state index is 12.5. The number of carbonyl (C=O) groups is 1. The van der Waals surface area contributed by atoms with Crippen molar-refractivity contribution >= 4 is 5.91 Å². The summed E-state index contributed by atoms with van der Waals surface area (Å²) in [5, 5.41) is 0. The molecular formula is C14H20N2O2. The minimum absolute atomic E-state index is 0.0352. The maximum absolute atomic E-state index is 12.5. The number of benzene rings is 1. The second-order valence-corrected chi connectivity index (χ2v) is 4.75. The van der Waals surface area contributed by atoms with Gasteiger partial charge in [-0.3, -0.25) is 4.79 Å². The van der Waals surface area contributed by atoms with Crippen LogP contribution in [0.2, 0.25) is 0 Å². The van der Waals surface area contributed by atoms with Crippen LogP contribution >= 0.6 is 0 Å².